The van der Waals surface area contributed by atoms with Gasteiger partial charge in [0.25, 0.3) is 5.91 Å². The molecule has 1 N–H and O–H groups in total. The van der Waals surface area contributed by atoms with Gasteiger partial charge < -0.3 is 14.8 Å². The van der Waals surface area contributed by atoms with Gasteiger partial charge in [-0.1, -0.05) is 18.2 Å². The molecule has 0 aromatic heterocycles. The van der Waals surface area contributed by atoms with Gasteiger partial charge in [0, 0.05) is 11.6 Å². The molecule has 0 spiro atoms. The minimum absolute atomic E-state index is 0.00486. The molecule has 1 aliphatic rings. The van der Waals surface area contributed by atoms with Gasteiger partial charge in [-0.2, -0.15) is 0 Å². The van der Waals surface area contributed by atoms with E-state index in [1.807, 2.05) is 0 Å². The Labute approximate surface area is 134 Å². The first kappa shape index (κ1) is 17.3. The normalized spacial score (nSPS) is 19.1. The molecule has 0 aliphatic carbocycles. The number of carbonyl (C=O) groups is 2. The quantitative estimate of drug-likeness (QED) is 0.736. The number of esters is 1. The Bertz CT molecular complexity index is 685. The third-order valence-corrected chi connectivity index (χ3v) is 5.26. The van der Waals surface area contributed by atoms with E-state index in [-0.39, 0.29) is 17.9 Å². The monoisotopic (exact) mass is 341 g/mol. The highest BCUT2D eigenvalue weighted by Crippen LogP contribution is 2.18. The summed E-state index contributed by atoms with van der Waals surface area (Å²) in [7, 11) is -1.55. The van der Waals surface area contributed by atoms with Crippen molar-refractivity contribution < 1.29 is 27.5 Å². The van der Waals surface area contributed by atoms with Gasteiger partial charge in [-0.3, -0.25) is 9.59 Å². The maximum atomic E-state index is 11.8. The van der Waals surface area contributed by atoms with Crippen LogP contribution in [0.2, 0.25) is 0 Å². The number of amides is 1. The molecule has 1 amide bonds. The second-order valence-electron chi connectivity index (χ2n) is 5.32. The van der Waals surface area contributed by atoms with E-state index in [1.54, 1.807) is 24.3 Å². The van der Waals surface area contributed by atoms with Crippen LogP contribution in [0.5, 0.6) is 5.75 Å². The molecule has 1 fully saturated rings. The first-order chi connectivity index (χ1) is 10.9. The lowest BCUT2D eigenvalue weighted by Gasteiger charge is -2.11. The number of carbonyl (C=O) groups excluding carboxylic acids is 2. The lowest BCUT2D eigenvalue weighted by molar-refractivity contribution is -0.148. The van der Waals surface area contributed by atoms with E-state index in [2.05, 4.69) is 5.32 Å². The summed E-state index contributed by atoms with van der Waals surface area (Å²) >= 11 is 0. The second-order valence-corrected chi connectivity index (χ2v) is 7.55. The molecule has 1 saturated heterocycles. The van der Waals surface area contributed by atoms with Crippen molar-refractivity contribution in [3.8, 4) is 5.75 Å². The van der Waals surface area contributed by atoms with Crippen LogP contribution in [0, 0.1) is 0 Å². The fourth-order valence-electron chi connectivity index (χ4n) is 2.38. The van der Waals surface area contributed by atoms with Crippen LogP contribution in [0.4, 0.5) is 0 Å². The zero-order valence-corrected chi connectivity index (χ0v) is 13.6. The second kappa shape index (κ2) is 7.45. The van der Waals surface area contributed by atoms with Crippen molar-refractivity contribution in [2.24, 2.45) is 0 Å². The zero-order chi connectivity index (χ0) is 16.9. The van der Waals surface area contributed by atoms with Gasteiger partial charge in [0.05, 0.1) is 25.0 Å². The summed E-state index contributed by atoms with van der Waals surface area (Å²) in [6.45, 7) is -0.426. The molecule has 1 aliphatic heterocycles. The molecule has 1 atom stereocenters. The Hall–Kier alpha value is -2.09. The van der Waals surface area contributed by atoms with Crippen molar-refractivity contribution in [1.82, 2.24) is 5.32 Å². The molecule has 23 heavy (non-hydrogen) atoms. The standard InChI is InChI=1S/C15H19NO6S/c1-21-13-5-3-2-4-11(13)8-15(18)22-9-14(17)16-12-6-7-23(19,20)10-12/h2-5,12H,6-10H2,1H3,(H,16,17)/t12-/m0/s1. The van der Waals surface area contributed by atoms with Crippen molar-refractivity contribution in [2.75, 3.05) is 25.2 Å². The highest BCUT2D eigenvalue weighted by atomic mass is 32.2. The molecule has 0 bridgehead atoms. The van der Waals surface area contributed by atoms with E-state index in [9.17, 15) is 18.0 Å². The summed E-state index contributed by atoms with van der Waals surface area (Å²) in [5.74, 6) is -0.464. The number of rotatable bonds is 6. The van der Waals surface area contributed by atoms with E-state index in [0.717, 1.165) is 0 Å². The molecule has 1 aromatic rings. The van der Waals surface area contributed by atoms with Gasteiger partial charge in [-0.15, -0.1) is 0 Å². The Balaban J connectivity index is 1.77. The molecule has 126 valence electrons. The van der Waals surface area contributed by atoms with Crippen molar-refractivity contribution in [3.05, 3.63) is 29.8 Å². The Kier molecular flexibility index (Phi) is 5.59. The molecular formula is C15H19NO6S. The topological polar surface area (TPSA) is 98.8 Å². The zero-order valence-electron chi connectivity index (χ0n) is 12.8. The minimum atomic E-state index is -3.06. The smallest absolute Gasteiger partial charge is 0.310 e. The van der Waals surface area contributed by atoms with Crippen molar-refractivity contribution >= 4 is 21.7 Å². The van der Waals surface area contributed by atoms with E-state index in [4.69, 9.17) is 9.47 Å². The molecule has 8 heteroatoms. The fraction of sp³-hybridized carbons (Fsp3) is 0.467. The summed E-state index contributed by atoms with van der Waals surface area (Å²) in [6, 6.07) is 6.63. The molecule has 1 heterocycles. The van der Waals surface area contributed by atoms with E-state index < -0.39 is 34.4 Å². The molecule has 0 radical (unpaired) electrons. The van der Waals surface area contributed by atoms with Gasteiger partial charge in [-0.05, 0) is 12.5 Å². The Morgan fingerprint density at radius 2 is 2.04 bits per heavy atom. The predicted molar refractivity (Wildman–Crippen MR) is 82.9 cm³/mol. The SMILES string of the molecule is COc1ccccc1CC(=O)OCC(=O)N[C@H]1CCS(=O)(=O)C1. The summed E-state index contributed by atoms with van der Waals surface area (Å²) < 4.78 is 32.7. The highest BCUT2D eigenvalue weighted by molar-refractivity contribution is 7.91. The van der Waals surface area contributed by atoms with Crippen molar-refractivity contribution in [2.45, 2.75) is 18.9 Å². The molecule has 1 aromatic carbocycles. The van der Waals surface area contributed by atoms with Crippen LogP contribution in [0.25, 0.3) is 0 Å². The van der Waals surface area contributed by atoms with Gasteiger partial charge in [-0.25, -0.2) is 8.42 Å². The number of hydrogen-bond donors (Lipinski definition) is 1. The first-order valence-electron chi connectivity index (χ1n) is 7.17. The third kappa shape index (κ3) is 5.24. The lowest BCUT2D eigenvalue weighted by atomic mass is 10.1. The summed E-state index contributed by atoms with van der Waals surface area (Å²) in [4.78, 5) is 23.5. The molecule has 7 nitrogen and oxygen atoms in total. The van der Waals surface area contributed by atoms with E-state index >= 15 is 0 Å². The minimum Gasteiger partial charge on any atom is -0.496 e. The number of hydrogen-bond acceptors (Lipinski definition) is 6. The van der Waals surface area contributed by atoms with Crippen molar-refractivity contribution in [1.29, 1.82) is 0 Å². The summed E-state index contributed by atoms with van der Waals surface area (Å²) in [5.41, 5.74) is 0.669. The largest absolute Gasteiger partial charge is 0.496 e. The first-order valence-corrected chi connectivity index (χ1v) is 8.99. The maximum Gasteiger partial charge on any atom is 0.310 e. The Morgan fingerprint density at radius 3 is 2.70 bits per heavy atom. The number of methoxy groups -OCH3 is 1. The molecule has 2 rings (SSSR count). The van der Waals surface area contributed by atoms with E-state index in [1.165, 1.54) is 7.11 Å². The molecular weight excluding hydrogens is 322 g/mol. The maximum absolute atomic E-state index is 11.8. The van der Waals surface area contributed by atoms with Gasteiger partial charge >= 0.3 is 5.97 Å². The number of para-hydroxylation sites is 1. The van der Waals surface area contributed by atoms with Crippen LogP contribution in [0.3, 0.4) is 0 Å². The average molecular weight is 341 g/mol. The molecule has 0 saturated carbocycles. The molecule has 0 unspecified atom stereocenters. The number of benzene rings is 1. The number of ether oxygens (including phenoxy) is 2. The van der Waals surface area contributed by atoms with Crippen LogP contribution in [0.1, 0.15) is 12.0 Å². The van der Waals surface area contributed by atoms with Gasteiger partial charge in [0.15, 0.2) is 16.4 Å². The van der Waals surface area contributed by atoms with Crippen molar-refractivity contribution in [3.63, 3.8) is 0 Å². The van der Waals surface area contributed by atoms with Crippen LogP contribution < -0.4 is 10.1 Å². The van der Waals surface area contributed by atoms with Crippen LogP contribution in [-0.2, 0) is 30.6 Å². The average Bonchev–Trinajstić information content (AvgIpc) is 2.84. The van der Waals surface area contributed by atoms with Crippen LogP contribution >= 0.6 is 0 Å². The van der Waals surface area contributed by atoms with Crippen LogP contribution in [-0.4, -0.2) is 51.6 Å². The number of sulfone groups is 1. The van der Waals surface area contributed by atoms with Crippen LogP contribution in [0.15, 0.2) is 24.3 Å². The highest BCUT2D eigenvalue weighted by Gasteiger charge is 2.29. The van der Waals surface area contributed by atoms with E-state index in [0.29, 0.717) is 17.7 Å². The lowest BCUT2D eigenvalue weighted by Crippen LogP contribution is -2.38. The fourth-order valence-corrected chi connectivity index (χ4v) is 4.05. The van der Waals surface area contributed by atoms with Gasteiger partial charge in [0.1, 0.15) is 5.75 Å². The predicted octanol–water partition coefficient (Wildman–Crippen LogP) is 0.0842. The summed E-state index contributed by atoms with van der Waals surface area (Å²) in [6.07, 6.45) is 0.387. The Morgan fingerprint density at radius 1 is 1.30 bits per heavy atom. The third-order valence-electron chi connectivity index (χ3n) is 3.49. The van der Waals surface area contributed by atoms with Gasteiger partial charge in [0.2, 0.25) is 0 Å². The number of nitrogens with one attached hydrogen (secondary N) is 1. The summed E-state index contributed by atoms with van der Waals surface area (Å²) in [5, 5.41) is 2.56.